The van der Waals surface area contributed by atoms with Crippen LogP contribution in [0.5, 0.6) is 0 Å². The van der Waals surface area contributed by atoms with Crippen LogP contribution >= 0.6 is 0 Å². The van der Waals surface area contributed by atoms with Gasteiger partial charge in [-0.3, -0.25) is 0 Å². The molecule has 166 valence electrons. The Labute approximate surface area is 181 Å². The molecule has 3 fully saturated rings. The molecule has 0 aliphatic heterocycles. The van der Waals surface area contributed by atoms with Crippen molar-refractivity contribution in [1.29, 1.82) is 0 Å². The number of aliphatic hydroxyl groups is 1. The molecular formula is C28H48O. The van der Waals surface area contributed by atoms with Crippen molar-refractivity contribution in [3.05, 3.63) is 11.6 Å². The van der Waals surface area contributed by atoms with Crippen molar-refractivity contribution in [2.75, 3.05) is 0 Å². The molecule has 0 aromatic rings. The summed E-state index contributed by atoms with van der Waals surface area (Å²) in [5, 5.41) is 10.2. The monoisotopic (exact) mass is 400 g/mol. The van der Waals surface area contributed by atoms with Crippen molar-refractivity contribution >= 4 is 0 Å². The average Bonchev–Trinajstić information content (AvgIpc) is 2.98. The summed E-state index contributed by atoms with van der Waals surface area (Å²) in [6.45, 7) is 15.0. The molecule has 0 aromatic carbocycles. The lowest BCUT2D eigenvalue weighted by molar-refractivity contribution is -0.0573. The van der Waals surface area contributed by atoms with E-state index in [2.05, 4.69) is 47.6 Å². The molecule has 4 rings (SSSR count). The van der Waals surface area contributed by atoms with Crippen LogP contribution in [0.2, 0.25) is 0 Å². The quantitative estimate of drug-likeness (QED) is 0.478. The zero-order chi connectivity index (χ0) is 21.0. The van der Waals surface area contributed by atoms with Crippen LogP contribution in [0.1, 0.15) is 112 Å². The second-order valence-corrected chi connectivity index (χ2v) is 13.3. The first-order valence-electron chi connectivity index (χ1n) is 12.9. The molecule has 3 unspecified atom stereocenters. The van der Waals surface area contributed by atoms with Gasteiger partial charge in [-0.15, -0.1) is 0 Å². The fourth-order valence-electron chi connectivity index (χ4n) is 8.77. The minimum Gasteiger partial charge on any atom is -0.393 e. The highest BCUT2D eigenvalue weighted by Crippen LogP contribution is 2.67. The van der Waals surface area contributed by atoms with E-state index in [0.29, 0.717) is 16.2 Å². The highest BCUT2D eigenvalue weighted by atomic mass is 16.3. The van der Waals surface area contributed by atoms with E-state index in [1.807, 2.05) is 0 Å². The molecule has 0 spiro atoms. The van der Waals surface area contributed by atoms with Crippen LogP contribution in [0.15, 0.2) is 11.6 Å². The molecule has 0 aromatic heterocycles. The Morgan fingerprint density at radius 1 is 1.07 bits per heavy atom. The van der Waals surface area contributed by atoms with Crippen LogP contribution in [0.3, 0.4) is 0 Å². The zero-order valence-corrected chi connectivity index (χ0v) is 20.3. The maximum absolute atomic E-state index is 10.2. The first-order chi connectivity index (χ1) is 13.5. The van der Waals surface area contributed by atoms with Crippen LogP contribution in [0.4, 0.5) is 0 Å². The topological polar surface area (TPSA) is 20.2 Å². The highest BCUT2D eigenvalue weighted by molar-refractivity contribution is 5.25. The molecule has 8 atom stereocenters. The van der Waals surface area contributed by atoms with Gasteiger partial charge in [0.2, 0.25) is 0 Å². The Morgan fingerprint density at radius 2 is 1.83 bits per heavy atom. The van der Waals surface area contributed by atoms with Crippen LogP contribution in [-0.4, -0.2) is 11.2 Å². The molecule has 4 aliphatic rings. The Bertz CT molecular complexity index is 627. The molecule has 1 heteroatoms. The maximum Gasteiger partial charge on any atom is 0.0577 e. The van der Waals surface area contributed by atoms with Crippen molar-refractivity contribution in [1.82, 2.24) is 0 Å². The summed E-state index contributed by atoms with van der Waals surface area (Å²) in [5.41, 5.74) is 3.07. The summed E-state index contributed by atoms with van der Waals surface area (Å²) >= 11 is 0. The number of aliphatic hydroxyl groups excluding tert-OH is 1. The van der Waals surface area contributed by atoms with E-state index in [1.54, 1.807) is 5.57 Å². The molecule has 1 N–H and O–H groups in total. The number of allylic oxidation sites excluding steroid dienone is 1. The van der Waals surface area contributed by atoms with Crippen LogP contribution in [0, 0.1) is 45.8 Å². The summed E-state index contributed by atoms with van der Waals surface area (Å²) in [4.78, 5) is 0. The minimum absolute atomic E-state index is 0.0791. The first kappa shape index (κ1) is 21.9. The molecule has 0 radical (unpaired) electrons. The largest absolute Gasteiger partial charge is 0.393 e. The van der Waals surface area contributed by atoms with Crippen LogP contribution < -0.4 is 0 Å². The molecule has 0 saturated heterocycles. The third-order valence-corrected chi connectivity index (χ3v) is 10.4. The van der Waals surface area contributed by atoms with E-state index in [9.17, 15) is 5.11 Å². The summed E-state index contributed by atoms with van der Waals surface area (Å²) in [5.74, 6) is 4.56. The molecule has 3 saturated carbocycles. The Morgan fingerprint density at radius 3 is 2.55 bits per heavy atom. The molecule has 0 amide bonds. The average molecular weight is 401 g/mol. The van der Waals surface area contributed by atoms with E-state index in [4.69, 9.17) is 0 Å². The lowest BCUT2D eigenvalue weighted by Crippen LogP contribution is -2.50. The Balaban J connectivity index is 1.47. The molecule has 4 aliphatic carbocycles. The summed E-state index contributed by atoms with van der Waals surface area (Å²) in [7, 11) is 0. The predicted octanol–water partition coefficient (Wildman–Crippen LogP) is 7.78. The number of rotatable bonds is 4. The molecular weight excluding hydrogens is 352 g/mol. The lowest BCUT2D eigenvalue weighted by Gasteiger charge is -2.58. The SMILES string of the molecule is C[C@H](CCCC(C)(C)C)C1CCC2[C@@H]3CC=C4C[C@@H](O)CC[C@]4(C)C3CC[C@@]21C. The van der Waals surface area contributed by atoms with Crippen molar-refractivity contribution < 1.29 is 5.11 Å². The third kappa shape index (κ3) is 3.88. The van der Waals surface area contributed by atoms with Crippen molar-refractivity contribution in [2.24, 2.45) is 45.8 Å². The van der Waals surface area contributed by atoms with Gasteiger partial charge in [0.05, 0.1) is 6.10 Å². The zero-order valence-electron chi connectivity index (χ0n) is 20.3. The summed E-state index contributed by atoms with van der Waals surface area (Å²) in [6, 6.07) is 0. The molecule has 29 heavy (non-hydrogen) atoms. The maximum atomic E-state index is 10.2. The van der Waals surface area contributed by atoms with Gasteiger partial charge in [-0.25, -0.2) is 0 Å². The molecule has 0 heterocycles. The number of hydrogen-bond acceptors (Lipinski definition) is 1. The van der Waals surface area contributed by atoms with Gasteiger partial charge in [0.15, 0.2) is 0 Å². The van der Waals surface area contributed by atoms with Gasteiger partial charge in [-0.1, -0.05) is 66.0 Å². The Kier molecular flexibility index (Phi) is 5.81. The lowest BCUT2D eigenvalue weighted by atomic mass is 9.47. The van der Waals surface area contributed by atoms with Crippen molar-refractivity contribution in [2.45, 2.75) is 118 Å². The highest BCUT2D eigenvalue weighted by Gasteiger charge is 2.59. The van der Waals surface area contributed by atoms with E-state index in [-0.39, 0.29) is 6.10 Å². The van der Waals surface area contributed by atoms with Crippen molar-refractivity contribution in [3.8, 4) is 0 Å². The minimum atomic E-state index is -0.0791. The van der Waals surface area contributed by atoms with E-state index >= 15 is 0 Å². The second-order valence-electron chi connectivity index (χ2n) is 13.3. The van der Waals surface area contributed by atoms with Gasteiger partial charge in [0.25, 0.3) is 0 Å². The summed E-state index contributed by atoms with van der Waals surface area (Å²) < 4.78 is 0. The fourth-order valence-corrected chi connectivity index (χ4v) is 8.77. The third-order valence-electron chi connectivity index (χ3n) is 10.4. The van der Waals surface area contributed by atoms with E-state index in [0.717, 1.165) is 42.4 Å². The second kappa shape index (κ2) is 7.68. The van der Waals surface area contributed by atoms with E-state index in [1.165, 1.54) is 57.8 Å². The number of hydrogen-bond donors (Lipinski definition) is 1. The van der Waals surface area contributed by atoms with Crippen molar-refractivity contribution in [3.63, 3.8) is 0 Å². The molecule has 1 nitrogen and oxygen atoms in total. The first-order valence-corrected chi connectivity index (χ1v) is 12.9. The van der Waals surface area contributed by atoms with Crippen LogP contribution in [0.25, 0.3) is 0 Å². The van der Waals surface area contributed by atoms with Gasteiger partial charge in [0, 0.05) is 0 Å². The van der Waals surface area contributed by atoms with Gasteiger partial charge in [-0.2, -0.15) is 0 Å². The molecule has 0 bridgehead atoms. The van der Waals surface area contributed by atoms with Gasteiger partial charge in [-0.05, 0) is 104 Å². The van der Waals surface area contributed by atoms with E-state index < -0.39 is 0 Å². The predicted molar refractivity (Wildman–Crippen MR) is 124 cm³/mol. The van der Waals surface area contributed by atoms with Gasteiger partial charge < -0.3 is 5.11 Å². The standard InChI is InChI=1S/C28H48O/c1-19(8-7-15-26(2,3)4)23-11-12-24-22-10-9-20-18-21(29)13-16-27(20,5)25(22)14-17-28(23,24)6/h9,19,21-25,29H,7-8,10-18H2,1-6H3/t19-,21+,22+,23?,24?,25?,27+,28-/m1/s1. The summed E-state index contributed by atoms with van der Waals surface area (Å²) in [6.07, 6.45) is 17.1. The van der Waals surface area contributed by atoms with Gasteiger partial charge >= 0.3 is 0 Å². The van der Waals surface area contributed by atoms with Gasteiger partial charge in [0.1, 0.15) is 0 Å². The number of fused-ring (bicyclic) bond motifs is 5. The normalized spacial score (nSPS) is 45.8. The van der Waals surface area contributed by atoms with Crippen LogP contribution in [-0.2, 0) is 0 Å². The fraction of sp³-hybridized carbons (Fsp3) is 0.929. The smallest absolute Gasteiger partial charge is 0.0577 e. The Hall–Kier alpha value is -0.300.